The molecule has 0 amide bonds. The molecule has 0 aliphatic heterocycles. The van der Waals surface area contributed by atoms with Crippen LogP contribution < -0.4 is 5.43 Å². The molecule has 2 fully saturated rings. The lowest BCUT2D eigenvalue weighted by Crippen LogP contribution is -2.35. The van der Waals surface area contributed by atoms with Crippen LogP contribution in [0.25, 0.3) is 0 Å². The first kappa shape index (κ1) is 13.5. The van der Waals surface area contributed by atoms with Crippen LogP contribution in [0, 0.1) is 16.7 Å². The molecule has 100 valence electrons. The first-order valence-corrected chi connectivity index (χ1v) is 6.72. The maximum atomic E-state index is 12.5. The van der Waals surface area contributed by atoms with E-state index in [-0.39, 0.29) is 22.5 Å². The number of carbonyl (C=O) groups excluding carboxylic acids is 1. The highest BCUT2D eigenvalue weighted by Crippen LogP contribution is 2.62. The highest BCUT2D eigenvalue weighted by molar-refractivity contribution is 7.80. The SMILES string of the molecule is CN(C)C(=S)N/N=C1\C(=O)[C@@]2(C)CC[C@H]1C2(C)C. The van der Waals surface area contributed by atoms with E-state index in [0.717, 1.165) is 12.8 Å². The van der Waals surface area contributed by atoms with Crippen molar-refractivity contribution >= 4 is 28.8 Å². The van der Waals surface area contributed by atoms with E-state index >= 15 is 0 Å². The van der Waals surface area contributed by atoms with Gasteiger partial charge in [-0.3, -0.25) is 10.2 Å². The van der Waals surface area contributed by atoms with Crippen molar-refractivity contribution < 1.29 is 4.79 Å². The average molecular weight is 267 g/mol. The van der Waals surface area contributed by atoms with Crippen LogP contribution in [0.1, 0.15) is 33.6 Å². The number of rotatable bonds is 1. The minimum atomic E-state index is -0.252. The lowest BCUT2D eigenvalue weighted by molar-refractivity contribution is -0.123. The number of thiocarbonyl (C=S) groups is 1. The van der Waals surface area contributed by atoms with Gasteiger partial charge < -0.3 is 4.90 Å². The molecule has 18 heavy (non-hydrogen) atoms. The summed E-state index contributed by atoms with van der Waals surface area (Å²) in [5.74, 6) is 0.449. The van der Waals surface area contributed by atoms with Gasteiger partial charge in [0.1, 0.15) is 5.71 Å². The second-order valence-corrected chi connectivity index (χ2v) is 6.67. The van der Waals surface area contributed by atoms with E-state index in [1.54, 1.807) is 4.90 Å². The van der Waals surface area contributed by atoms with E-state index in [9.17, 15) is 4.79 Å². The number of hydrazone groups is 1. The monoisotopic (exact) mass is 267 g/mol. The predicted octanol–water partition coefficient (Wildman–Crippen LogP) is 1.80. The second kappa shape index (κ2) is 4.02. The summed E-state index contributed by atoms with van der Waals surface area (Å²) in [7, 11) is 3.70. The molecule has 4 nitrogen and oxygen atoms in total. The number of hydrogen-bond acceptors (Lipinski definition) is 3. The summed E-state index contributed by atoms with van der Waals surface area (Å²) < 4.78 is 0. The van der Waals surface area contributed by atoms with Crippen molar-refractivity contribution in [1.82, 2.24) is 10.3 Å². The van der Waals surface area contributed by atoms with Crippen molar-refractivity contribution in [2.24, 2.45) is 21.8 Å². The van der Waals surface area contributed by atoms with Gasteiger partial charge in [-0.2, -0.15) is 5.10 Å². The van der Waals surface area contributed by atoms with Gasteiger partial charge >= 0.3 is 0 Å². The molecule has 5 heteroatoms. The fraction of sp³-hybridized carbons (Fsp3) is 0.769. The van der Waals surface area contributed by atoms with Gasteiger partial charge in [0.15, 0.2) is 10.9 Å². The molecule has 2 aliphatic carbocycles. The van der Waals surface area contributed by atoms with Crippen LogP contribution in [0.4, 0.5) is 0 Å². The molecule has 2 saturated carbocycles. The predicted molar refractivity (Wildman–Crippen MR) is 76.5 cm³/mol. The second-order valence-electron chi connectivity index (χ2n) is 6.28. The summed E-state index contributed by atoms with van der Waals surface area (Å²) in [5, 5.41) is 4.81. The minimum absolute atomic E-state index is 0.00430. The molecular weight excluding hydrogens is 246 g/mol. The topological polar surface area (TPSA) is 44.7 Å². The third kappa shape index (κ3) is 1.60. The molecule has 2 aliphatic rings. The van der Waals surface area contributed by atoms with E-state index in [4.69, 9.17) is 12.2 Å². The van der Waals surface area contributed by atoms with Gasteiger partial charge in [0, 0.05) is 25.4 Å². The van der Waals surface area contributed by atoms with Crippen LogP contribution in [0.2, 0.25) is 0 Å². The highest BCUT2D eigenvalue weighted by Gasteiger charge is 2.65. The Morgan fingerprint density at radius 1 is 1.44 bits per heavy atom. The van der Waals surface area contributed by atoms with Gasteiger partial charge in [0.25, 0.3) is 0 Å². The summed E-state index contributed by atoms with van der Waals surface area (Å²) in [6.07, 6.45) is 2.02. The first-order chi connectivity index (χ1) is 8.22. The number of Topliss-reactive ketones (excluding diaryl/α,β-unsaturated/α-hetero) is 1. The van der Waals surface area contributed by atoms with Gasteiger partial charge in [-0.25, -0.2) is 0 Å². The Kier molecular flexibility index (Phi) is 3.00. The fourth-order valence-electron chi connectivity index (χ4n) is 3.16. The summed E-state index contributed by atoms with van der Waals surface area (Å²) in [4.78, 5) is 14.2. The fourth-order valence-corrected chi connectivity index (χ4v) is 3.21. The maximum absolute atomic E-state index is 12.5. The van der Waals surface area contributed by atoms with Crippen molar-refractivity contribution in [3.05, 3.63) is 0 Å². The summed E-state index contributed by atoms with van der Waals surface area (Å²) >= 11 is 5.12. The van der Waals surface area contributed by atoms with Crippen LogP contribution >= 0.6 is 12.2 Å². The molecule has 2 bridgehead atoms. The number of nitrogens with zero attached hydrogens (tertiary/aromatic N) is 2. The molecular formula is C13H21N3OS. The van der Waals surface area contributed by atoms with Crippen LogP contribution in [0.15, 0.2) is 5.10 Å². The standard InChI is InChI=1S/C13H21N3OS/c1-12(2)8-6-7-13(12,3)10(17)9(8)14-15-11(18)16(4)5/h8H,6-7H2,1-5H3,(H,15,18)/b14-9-/t8-,13-/m1/s1. The van der Waals surface area contributed by atoms with Crippen molar-refractivity contribution in [3.63, 3.8) is 0 Å². The van der Waals surface area contributed by atoms with Crippen molar-refractivity contribution in [2.75, 3.05) is 14.1 Å². The maximum Gasteiger partial charge on any atom is 0.189 e. The van der Waals surface area contributed by atoms with Crippen LogP contribution in [-0.2, 0) is 4.79 Å². The highest BCUT2D eigenvalue weighted by atomic mass is 32.1. The van der Waals surface area contributed by atoms with E-state index in [1.165, 1.54) is 0 Å². The Morgan fingerprint density at radius 2 is 2.06 bits per heavy atom. The third-order valence-corrected chi connectivity index (χ3v) is 5.42. The lowest BCUT2D eigenvalue weighted by atomic mass is 9.70. The van der Waals surface area contributed by atoms with Gasteiger partial charge in [0.05, 0.1) is 0 Å². The molecule has 0 spiro atoms. The van der Waals surface area contributed by atoms with Crippen molar-refractivity contribution in [1.29, 1.82) is 0 Å². The number of carbonyl (C=O) groups is 1. The number of nitrogens with one attached hydrogen (secondary N) is 1. The van der Waals surface area contributed by atoms with Gasteiger partial charge in [-0.1, -0.05) is 20.8 Å². The summed E-state index contributed by atoms with van der Waals surface area (Å²) in [5.41, 5.74) is 3.25. The van der Waals surface area contributed by atoms with Crippen LogP contribution in [0.3, 0.4) is 0 Å². The van der Waals surface area contributed by atoms with Crippen molar-refractivity contribution in [2.45, 2.75) is 33.6 Å². The molecule has 2 atom stereocenters. The molecule has 2 rings (SSSR count). The van der Waals surface area contributed by atoms with Crippen LogP contribution in [-0.4, -0.2) is 35.6 Å². The van der Waals surface area contributed by atoms with E-state index in [1.807, 2.05) is 14.1 Å². The Bertz CT molecular complexity index is 442. The van der Waals surface area contributed by atoms with E-state index in [2.05, 4.69) is 31.3 Å². The number of hydrogen-bond donors (Lipinski definition) is 1. The molecule has 0 aromatic rings. The average Bonchev–Trinajstić information content (AvgIpc) is 2.58. The molecule has 0 radical (unpaired) electrons. The zero-order chi connectivity index (χ0) is 13.7. The molecule has 1 N–H and O–H groups in total. The largest absolute Gasteiger partial charge is 0.354 e. The first-order valence-electron chi connectivity index (χ1n) is 6.31. The number of ketones is 1. The molecule has 0 unspecified atom stereocenters. The van der Waals surface area contributed by atoms with E-state index in [0.29, 0.717) is 10.8 Å². The van der Waals surface area contributed by atoms with Gasteiger partial charge in [0.2, 0.25) is 0 Å². The lowest BCUT2D eigenvalue weighted by Gasteiger charge is -2.31. The molecule has 0 saturated heterocycles. The molecule has 0 aromatic heterocycles. The Balaban J connectivity index is 2.25. The van der Waals surface area contributed by atoms with Gasteiger partial charge in [-0.15, -0.1) is 0 Å². The normalized spacial score (nSPS) is 35.1. The van der Waals surface area contributed by atoms with Crippen LogP contribution in [0.5, 0.6) is 0 Å². The quantitative estimate of drug-likeness (QED) is 0.581. The molecule has 0 heterocycles. The zero-order valence-electron chi connectivity index (χ0n) is 11.7. The minimum Gasteiger partial charge on any atom is -0.354 e. The van der Waals surface area contributed by atoms with E-state index < -0.39 is 0 Å². The zero-order valence-corrected chi connectivity index (χ0v) is 12.5. The number of fused-ring (bicyclic) bond motifs is 2. The third-order valence-electron chi connectivity index (χ3n) is 4.97. The smallest absolute Gasteiger partial charge is 0.189 e. The van der Waals surface area contributed by atoms with Gasteiger partial charge in [-0.05, 0) is 30.5 Å². The Labute approximate surface area is 114 Å². The Morgan fingerprint density at radius 3 is 2.50 bits per heavy atom. The summed E-state index contributed by atoms with van der Waals surface area (Å²) in [6, 6.07) is 0. The molecule has 0 aromatic carbocycles. The van der Waals surface area contributed by atoms with Crippen molar-refractivity contribution in [3.8, 4) is 0 Å². The summed E-state index contributed by atoms with van der Waals surface area (Å²) in [6.45, 7) is 6.42. The Hall–Kier alpha value is -0.970.